The van der Waals surface area contributed by atoms with E-state index in [0.717, 1.165) is 28.1 Å². The molecule has 0 unspecified atom stereocenters. The Bertz CT molecular complexity index is 801. The maximum atomic E-state index is 12.9. The summed E-state index contributed by atoms with van der Waals surface area (Å²) in [5.41, 5.74) is 3.63. The van der Waals surface area contributed by atoms with Crippen molar-refractivity contribution in [2.45, 2.75) is 26.4 Å². The Kier molecular flexibility index (Phi) is 4.25. The Hall–Kier alpha value is -2.82. The molecule has 2 aromatic carbocycles. The Labute approximate surface area is 141 Å². The van der Waals surface area contributed by atoms with E-state index in [9.17, 15) is 9.59 Å². The number of nitrogens with one attached hydrogen (secondary N) is 1. The standard InChI is InChI=1S/C19H20N2O3/c1-12-7-6-9-15-17(20-13(2)22)19(23)21(18(12)15)11-14-8-4-5-10-16(14)24-3/h4-10,17H,11H2,1-3H3,(H,20,22)/t17-/m1/s1. The summed E-state index contributed by atoms with van der Waals surface area (Å²) in [5, 5.41) is 2.76. The van der Waals surface area contributed by atoms with Crippen molar-refractivity contribution in [3.63, 3.8) is 0 Å². The molecule has 0 fully saturated rings. The van der Waals surface area contributed by atoms with Gasteiger partial charge in [-0.2, -0.15) is 0 Å². The molecule has 5 heteroatoms. The fourth-order valence-electron chi connectivity index (χ4n) is 3.19. The van der Waals surface area contributed by atoms with Gasteiger partial charge in [-0.3, -0.25) is 9.59 Å². The first-order valence-electron chi connectivity index (χ1n) is 7.83. The zero-order chi connectivity index (χ0) is 17.3. The van der Waals surface area contributed by atoms with Gasteiger partial charge in [0.15, 0.2) is 0 Å². The van der Waals surface area contributed by atoms with Gasteiger partial charge < -0.3 is 15.0 Å². The van der Waals surface area contributed by atoms with E-state index in [1.54, 1.807) is 12.0 Å². The fraction of sp³-hybridized carbons (Fsp3) is 0.263. The summed E-state index contributed by atoms with van der Waals surface area (Å²) in [4.78, 5) is 26.2. The van der Waals surface area contributed by atoms with Crippen LogP contribution in [0, 0.1) is 6.92 Å². The van der Waals surface area contributed by atoms with Gasteiger partial charge in [-0.05, 0) is 18.6 Å². The molecule has 1 atom stereocenters. The summed E-state index contributed by atoms with van der Waals surface area (Å²) < 4.78 is 5.39. The van der Waals surface area contributed by atoms with Gasteiger partial charge in [-0.1, -0.05) is 36.4 Å². The van der Waals surface area contributed by atoms with Crippen molar-refractivity contribution >= 4 is 17.5 Å². The number of para-hydroxylation sites is 2. The first kappa shape index (κ1) is 16.1. The lowest BCUT2D eigenvalue weighted by Crippen LogP contribution is -2.36. The van der Waals surface area contributed by atoms with E-state index in [-0.39, 0.29) is 11.8 Å². The van der Waals surface area contributed by atoms with Gasteiger partial charge in [0.1, 0.15) is 11.8 Å². The highest BCUT2D eigenvalue weighted by atomic mass is 16.5. The zero-order valence-electron chi connectivity index (χ0n) is 14.0. The Balaban J connectivity index is 2.02. The number of aryl methyl sites for hydroxylation is 1. The summed E-state index contributed by atoms with van der Waals surface area (Å²) in [6, 6.07) is 12.8. The van der Waals surface area contributed by atoms with Crippen molar-refractivity contribution in [2.24, 2.45) is 0 Å². The van der Waals surface area contributed by atoms with E-state index in [4.69, 9.17) is 4.74 Å². The third kappa shape index (κ3) is 2.73. The van der Waals surface area contributed by atoms with E-state index in [2.05, 4.69) is 5.32 Å². The molecule has 0 bridgehead atoms. The number of hydrogen-bond acceptors (Lipinski definition) is 3. The van der Waals surface area contributed by atoms with Crippen LogP contribution in [-0.4, -0.2) is 18.9 Å². The van der Waals surface area contributed by atoms with E-state index in [1.165, 1.54) is 6.92 Å². The molecular weight excluding hydrogens is 304 g/mol. The third-order valence-electron chi connectivity index (χ3n) is 4.23. The number of rotatable bonds is 4. The lowest BCUT2D eigenvalue weighted by molar-refractivity contribution is -0.126. The minimum Gasteiger partial charge on any atom is -0.496 e. The fourth-order valence-corrected chi connectivity index (χ4v) is 3.19. The van der Waals surface area contributed by atoms with Crippen LogP contribution in [0.25, 0.3) is 0 Å². The third-order valence-corrected chi connectivity index (χ3v) is 4.23. The van der Waals surface area contributed by atoms with Crippen molar-refractivity contribution < 1.29 is 14.3 Å². The Morgan fingerprint density at radius 3 is 2.67 bits per heavy atom. The Morgan fingerprint density at radius 2 is 1.96 bits per heavy atom. The quantitative estimate of drug-likeness (QED) is 0.941. The molecule has 1 N–H and O–H groups in total. The van der Waals surface area contributed by atoms with Crippen molar-refractivity contribution in [1.29, 1.82) is 0 Å². The van der Waals surface area contributed by atoms with E-state index in [1.807, 2.05) is 49.4 Å². The highest BCUT2D eigenvalue weighted by Gasteiger charge is 2.38. The first-order chi connectivity index (χ1) is 11.5. The number of fused-ring (bicyclic) bond motifs is 1. The summed E-state index contributed by atoms with van der Waals surface area (Å²) >= 11 is 0. The molecule has 1 aliphatic rings. The lowest BCUT2D eigenvalue weighted by Gasteiger charge is -2.21. The molecule has 1 aliphatic heterocycles. The van der Waals surface area contributed by atoms with Crippen molar-refractivity contribution in [1.82, 2.24) is 5.32 Å². The van der Waals surface area contributed by atoms with Gasteiger partial charge in [-0.15, -0.1) is 0 Å². The number of ether oxygens (including phenoxy) is 1. The normalized spacial score (nSPS) is 16.0. The van der Waals surface area contributed by atoms with Crippen LogP contribution in [0.3, 0.4) is 0 Å². The van der Waals surface area contributed by atoms with E-state index < -0.39 is 6.04 Å². The summed E-state index contributed by atoms with van der Waals surface area (Å²) in [5.74, 6) is 0.392. The highest BCUT2D eigenvalue weighted by molar-refractivity contribution is 6.06. The highest BCUT2D eigenvalue weighted by Crippen LogP contribution is 2.39. The summed E-state index contributed by atoms with van der Waals surface area (Å²) in [6.45, 7) is 3.79. The van der Waals surface area contributed by atoms with E-state index in [0.29, 0.717) is 6.54 Å². The first-order valence-corrected chi connectivity index (χ1v) is 7.83. The Morgan fingerprint density at radius 1 is 1.21 bits per heavy atom. The number of benzene rings is 2. The van der Waals surface area contributed by atoms with Gasteiger partial charge in [0.2, 0.25) is 5.91 Å². The average molecular weight is 324 g/mol. The van der Waals surface area contributed by atoms with Crippen LogP contribution in [0.4, 0.5) is 5.69 Å². The monoisotopic (exact) mass is 324 g/mol. The smallest absolute Gasteiger partial charge is 0.254 e. The van der Waals surface area contributed by atoms with Gasteiger partial charge >= 0.3 is 0 Å². The maximum Gasteiger partial charge on any atom is 0.254 e. The summed E-state index contributed by atoms with van der Waals surface area (Å²) in [6.07, 6.45) is 0. The molecule has 0 saturated heterocycles. The second-order valence-electron chi connectivity index (χ2n) is 5.88. The van der Waals surface area contributed by atoms with Crippen LogP contribution in [0.1, 0.15) is 29.7 Å². The minimum absolute atomic E-state index is 0.125. The maximum absolute atomic E-state index is 12.9. The molecule has 0 aromatic heterocycles. The number of hydrogen-bond donors (Lipinski definition) is 1. The lowest BCUT2D eigenvalue weighted by atomic mass is 10.0. The molecule has 0 aliphatic carbocycles. The summed E-state index contributed by atoms with van der Waals surface area (Å²) in [7, 11) is 1.62. The predicted octanol–water partition coefficient (Wildman–Crippen LogP) is 2.73. The topological polar surface area (TPSA) is 58.6 Å². The van der Waals surface area contributed by atoms with Crippen molar-refractivity contribution in [3.05, 3.63) is 59.2 Å². The molecular formula is C19H20N2O3. The molecule has 0 saturated carbocycles. The second-order valence-corrected chi connectivity index (χ2v) is 5.88. The molecule has 124 valence electrons. The molecule has 2 aromatic rings. The van der Waals surface area contributed by atoms with Crippen LogP contribution >= 0.6 is 0 Å². The van der Waals surface area contributed by atoms with Gasteiger partial charge in [0.25, 0.3) is 5.91 Å². The second kappa shape index (κ2) is 6.35. The number of carbonyl (C=O) groups excluding carboxylic acids is 2. The van der Waals surface area contributed by atoms with Crippen LogP contribution in [0.5, 0.6) is 5.75 Å². The van der Waals surface area contributed by atoms with Crippen molar-refractivity contribution in [3.8, 4) is 5.75 Å². The molecule has 1 heterocycles. The molecule has 0 radical (unpaired) electrons. The van der Waals surface area contributed by atoms with E-state index >= 15 is 0 Å². The number of methoxy groups -OCH3 is 1. The zero-order valence-corrected chi connectivity index (χ0v) is 14.0. The van der Waals surface area contributed by atoms with Gasteiger partial charge in [-0.25, -0.2) is 0 Å². The number of anilines is 1. The number of carbonyl (C=O) groups is 2. The van der Waals surface area contributed by atoms with Crippen LogP contribution < -0.4 is 15.0 Å². The number of amides is 2. The minimum atomic E-state index is -0.632. The van der Waals surface area contributed by atoms with Gasteiger partial charge in [0, 0.05) is 18.1 Å². The molecule has 5 nitrogen and oxygen atoms in total. The van der Waals surface area contributed by atoms with Crippen LogP contribution in [0.2, 0.25) is 0 Å². The van der Waals surface area contributed by atoms with Gasteiger partial charge in [0.05, 0.1) is 19.3 Å². The largest absolute Gasteiger partial charge is 0.496 e. The molecule has 3 rings (SSSR count). The predicted molar refractivity (Wildman–Crippen MR) is 91.9 cm³/mol. The molecule has 2 amide bonds. The number of nitrogens with zero attached hydrogens (tertiary/aromatic N) is 1. The average Bonchev–Trinajstić information content (AvgIpc) is 2.82. The van der Waals surface area contributed by atoms with Crippen LogP contribution in [0.15, 0.2) is 42.5 Å². The molecule has 0 spiro atoms. The SMILES string of the molecule is COc1ccccc1CN1C(=O)[C@H](NC(C)=O)c2cccc(C)c21. The molecule has 24 heavy (non-hydrogen) atoms. The van der Waals surface area contributed by atoms with Crippen molar-refractivity contribution in [2.75, 3.05) is 12.0 Å². The van der Waals surface area contributed by atoms with Crippen LogP contribution in [-0.2, 0) is 16.1 Å².